The fourth-order valence-electron chi connectivity index (χ4n) is 3.02. The number of fused-ring (bicyclic) bond motifs is 1. The molecule has 0 saturated heterocycles. The fourth-order valence-corrected chi connectivity index (χ4v) is 3.02. The number of hydrogen-bond acceptors (Lipinski definition) is 6. The van der Waals surface area contributed by atoms with Gasteiger partial charge in [0.1, 0.15) is 22.8 Å². The number of aromatic hydroxyl groups is 2. The van der Waals surface area contributed by atoms with Crippen LogP contribution < -0.4 is 9.47 Å². The molecule has 2 aromatic carbocycles. The summed E-state index contributed by atoms with van der Waals surface area (Å²) in [7, 11) is 2.82. The number of aryl methyl sites for hydroxylation is 2. The van der Waals surface area contributed by atoms with Crippen molar-refractivity contribution in [1.29, 1.82) is 0 Å². The summed E-state index contributed by atoms with van der Waals surface area (Å²) in [5.41, 5.74) is 1.76. The second-order valence-corrected chi connectivity index (χ2v) is 6.07. The number of benzene rings is 2. The van der Waals surface area contributed by atoms with E-state index < -0.39 is 5.78 Å². The molecule has 3 aromatic rings. The third-order valence-electron chi connectivity index (χ3n) is 4.45. The summed E-state index contributed by atoms with van der Waals surface area (Å²) in [6.45, 7) is 3.63. The molecule has 0 unspecified atom stereocenters. The summed E-state index contributed by atoms with van der Waals surface area (Å²) in [6, 6.07) is 6.48. The fraction of sp³-hybridized carbons (Fsp3) is 0.190. The zero-order valence-electron chi connectivity index (χ0n) is 15.5. The predicted octanol–water partition coefficient (Wildman–Crippen LogP) is 4.37. The van der Waals surface area contributed by atoms with Crippen molar-refractivity contribution in [2.24, 2.45) is 0 Å². The van der Waals surface area contributed by atoms with Gasteiger partial charge >= 0.3 is 0 Å². The molecule has 0 fully saturated rings. The van der Waals surface area contributed by atoms with Gasteiger partial charge in [-0.2, -0.15) is 0 Å². The second-order valence-electron chi connectivity index (χ2n) is 6.07. The smallest absolute Gasteiger partial charge is 0.205 e. The Kier molecular flexibility index (Phi) is 4.81. The maximum atomic E-state index is 12.9. The molecule has 0 aliphatic rings. The van der Waals surface area contributed by atoms with E-state index in [-0.39, 0.29) is 28.6 Å². The predicted molar refractivity (Wildman–Crippen MR) is 102 cm³/mol. The molecule has 0 atom stereocenters. The number of furan rings is 1. The highest BCUT2D eigenvalue weighted by molar-refractivity contribution is 6.15. The Morgan fingerprint density at radius 3 is 2.44 bits per heavy atom. The molecule has 1 heterocycles. The van der Waals surface area contributed by atoms with Crippen LogP contribution in [-0.4, -0.2) is 30.2 Å². The summed E-state index contributed by atoms with van der Waals surface area (Å²) in [5, 5.41) is 20.8. The Hall–Kier alpha value is -3.41. The van der Waals surface area contributed by atoms with Gasteiger partial charge in [-0.1, -0.05) is 18.2 Å². The molecular weight excluding hydrogens is 348 g/mol. The lowest BCUT2D eigenvalue weighted by atomic mass is 10.0. The van der Waals surface area contributed by atoms with Gasteiger partial charge in [-0.05, 0) is 37.6 Å². The van der Waals surface area contributed by atoms with Crippen LogP contribution in [0.15, 0.2) is 34.8 Å². The van der Waals surface area contributed by atoms with Crippen molar-refractivity contribution in [2.75, 3.05) is 14.2 Å². The summed E-state index contributed by atoms with van der Waals surface area (Å²) in [5.74, 6) is 0.227. The van der Waals surface area contributed by atoms with E-state index in [1.807, 2.05) is 6.92 Å². The Labute approximate surface area is 156 Å². The first-order valence-corrected chi connectivity index (χ1v) is 8.27. The SMILES string of the molecule is COc1c(O)c(C(=O)C=Cc2cccc(O)c2)c(OC)c2c(C)c(C)oc12. The highest BCUT2D eigenvalue weighted by Gasteiger charge is 2.28. The lowest BCUT2D eigenvalue weighted by Crippen LogP contribution is -2.02. The monoisotopic (exact) mass is 368 g/mol. The number of rotatable bonds is 5. The van der Waals surface area contributed by atoms with Gasteiger partial charge in [-0.25, -0.2) is 0 Å². The van der Waals surface area contributed by atoms with Gasteiger partial charge in [0.05, 0.1) is 19.6 Å². The minimum atomic E-state index is -0.467. The molecule has 0 aliphatic heterocycles. The average Bonchev–Trinajstić information content (AvgIpc) is 2.93. The van der Waals surface area contributed by atoms with E-state index in [0.29, 0.717) is 22.3 Å². The summed E-state index contributed by atoms with van der Waals surface area (Å²) >= 11 is 0. The zero-order chi connectivity index (χ0) is 19.7. The van der Waals surface area contributed by atoms with E-state index in [1.165, 1.54) is 32.4 Å². The maximum Gasteiger partial charge on any atom is 0.205 e. The topological polar surface area (TPSA) is 89.1 Å². The highest BCUT2D eigenvalue weighted by Crippen LogP contribution is 2.48. The molecular formula is C21H20O6. The number of carbonyl (C=O) groups excluding carboxylic acids is 1. The van der Waals surface area contributed by atoms with E-state index in [0.717, 1.165) is 5.56 Å². The van der Waals surface area contributed by atoms with Crippen molar-refractivity contribution in [2.45, 2.75) is 13.8 Å². The first-order chi connectivity index (χ1) is 12.9. The van der Waals surface area contributed by atoms with Crippen molar-refractivity contribution >= 4 is 22.8 Å². The molecule has 0 spiro atoms. The third kappa shape index (κ3) is 3.10. The zero-order valence-corrected chi connectivity index (χ0v) is 15.5. The number of hydrogen-bond donors (Lipinski definition) is 2. The molecule has 27 heavy (non-hydrogen) atoms. The Bertz CT molecular complexity index is 1060. The first kappa shape index (κ1) is 18.4. The van der Waals surface area contributed by atoms with Crippen molar-refractivity contribution in [3.05, 3.63) is 52.8 Å². The molecule has 0 bridgehead atoms. The van der Waals surface area contributed by atoms with E-state index in [2.05, 4.69) is 0 Å². The lowest BCUT2D eigenvalue weighted by molar-refractivity contribution is 0.104. The summed E-state index contributed by atoms with van der Waals surface area (Å²) in [4.78, 5) is 12.9. The van der Waals surface area contributed by atoms with Gasteiger partial charge in [0.2, 0.25) is 5.75 Å². The first-order valence-electron chi connectivity index (χ1n) is 8.27. The van der Waals surface area contributed by atoms with Crippen molar-refractivity contribution in [3.8, 4) is 23.0 Å². The summed E-state index contributed by atoms with van der Waals surface area (Å²) in [6.07, 6.45) is 2.85. The molecule has 1 aromatic heterocycles. The minimum Gasteiger partial charge on any atom is -0.508 e. The van der Waals surface area contributed by atoms with Crippen LogP contribution >= 0.6 is 0 Å². The number of ether oxygens (including phenoxy) is 2. The second kappa shape index (κ2) is 7.07. The van der Waals surface area contributed by atoms with Crippen LogP contribution in [0.3, 0.4) is 0 Å². The molecule has 3 rings (SSSR count). The van der Waals surface area contributed by atoms with Crippen LogP contribution in [-0.2, 0) is 0 Å². The Morgan fingerprint density at radius 2 is 1.81 bits per heavy atom. The molecule has 2 N–H and O–H groups in total. The van der Waals surface area contributed by atoms with Gasteiger partial charge in [-0.15, -0.1) is 0 Å². The normalized spacial score (nSPS) is 11.3. The maximum absolute atomic E-state index is 12.9. The lowest BCUT2D eigenvalue weighted by Gasteiger charge is -2.13. The van der Waals surface area contributed by atoms with Gasteiger partial charge < -0.3 is 24.1 Å². The van der Waals surface area contributed by atoms with Crippen molar-refractivity contribution < 1.29 is 28.9 Å². The van der Waals surface area contributed by atoms with Crippen LogP contribution in [0.4, 0.5) is 0 Å². The standard InChI is InChI=1S/C21H20O6/c1-11-12(2)27-20-16(11)19(25-3)17(18(24)21(20)26-4)15(23)9-8-13-6-5-7-14(22)10-13/h5-10,22,24H,1-4H3. The van der Waals surface area contributed by atoms with Crippen LogP contribution in [0.25, 0.3) is 17.0 Å². The number of methoxy groups -OCH3 is 2. The van der Waals surface area contributed by atoms with E-state index in [1.54, 1.807) is 25.1 Å². The molecule has 0 radical (unpaired) electrons. The minimum absolute atomic E-state index is 0.0119. The van der Waals surface area contributed by atoms with Crippen molar-refractivity contribution in [1.82, 2.24) is 0 Å². The highest BCUT2D eigenvalue weighted by atomic mass is 16.5. The van der Waals surface area contributed by atoms with Gasteiger partial charge in [0.25, 0.3) is 0 Å². The molecule has 0 saturated carbocycles. The third-order valence-corrected chi connectivity index (χ3v) is 4.45. The van der Waals surface area contributed by atoms with Crippen LogP contribution in [0.2, 0.25) is 0 Å². The average molecular weight is 368 g/mol. The van der Waals surface area contributed by atoms with Gasteiger partial charge in [0, 0.05) is 5.56 Å². The molecule has 0 amide bonds. The Balaban J connectivity index is 2.19. The molecule has 6 heteroatoms. The van der Waals surface area contributed by atoms with Gasteiger partial charge in [0.15, 0.2) is 17.1 Å². The quantitative estimate of drug-likeness (QED) is 0.513. The van der Waals surface area contributed by atoms with Crippen molar-refractivity contribution in [3.63, 3.8) is 0 Å². The molecule has 6 nitrogen and oxygen atoms in total. The van der Waals surface area contributed by atoms with E-state index in [4.69, 9.17) is 13.9 Å². The molecule has 0 aliphatic carbocycles. The van der Waals surface area contributed by atoms with Crippen LogP contribution in [0, 0.1) is 13.8 Å². The molecule has 140 valence electrons. The number of phenolic OH excluding ortho intramolecular Hbond substituents is 2. The number of carbonyl (C=O) groups is 1. The Morgan fingerprint density at radius 1 is 1.11 bits per heavy atom. The van der Waals surface area contributed by atoms with Crippen LogP contribution in [0.5, 0.6) is 23.0 Å². The van der Waals surface area contributed by atoms with Gasteiger partial charge in [-0.3, -0.25) is 4.79 Å². The van der Waals surface area contributed by atoms with E-state index >= 15 is 0 Å². The number of phenols is 2. The summed E-state index contributed by atoms with van der Waals surface area (Å²) < 4.78 is 16.4. The van der Waals surface area contributed by atoms with Crippen LogP contribution in [0.1, 0.15) is 27.2 Å². The number of ketones is 1. The largest absolute Gasteiger partial charge is 0.508 e. The number of allylic oxidation sites excluding steroid dienone is 1. The van der Waals surface area contributed by atoms with E-state index in [9.17, 15) is 15.0 Å².